The molecule has 0 fully saturated rings. The van der Waals surface area contributed by atoms with Crippen molar-refractivity contribution in [2.75, 3.05) is 11.9 Å². The summed E-state index contributed by atoms with van der Waals surface area (Å²) >= 11 is 0. The molecule has 0 saturated heterocycles. The van der Waals surface area contributed by atoms with Crippen LogP contribution in [0, 0.1) is 0 Å². The van der Waals surface area contributed by atoms with Crippen molar-refractivity contribution in [2.24, 2.45) is 0 Å². The van der Waals surface area contributed by atoms with Crippen molar-refractivity contribution < 1.29 is 4.79 Å². The van der Waals surface area contributed by atoms with Gasteiger partial charge in [-0.3, -0.25) is 9.69 Å². The van der Waals surface area contributed by atoms with Crippen LogP contribution in [0.4, 0.5) is 5.69 Å². The van der Waals surface area contributed by atoms with E-state index < -0.39 is 0 Å². The number of anilines is 1. The number of nitrogens with one attached hydrogen (secondary N) is 1. The zero-order valence-electron chi connectivity index (χ0n) is 21.9. The molecule has 1 atom stereocenters. The van der Waals surface area contributed by atoms with E-state index in [4.69, 9.17) is 0 Å². The molecule has 0 aromatic heterocycles. The number of hydrogen-bond donors (Lipinski definition) is 1. The van der Waals surface area contributed by atoms with Gasteiger partial charge < -0.3 is 5.32 Å². The van der Waals surface area contributed by atoms with E-state index in [9.17, 15) is 4.79 Å². The van der Waals surface area contributed by atoms with Gasteiger partial charge in [0.1, 0.15) is 0 Å². The fourth-order valence-electron chi connectivity index (χ4n) is 5.61. The Labute approximate surface area is 217 Å². The number of rotatable bonds is 13. The van der Waals surface area contributed by atoms with E-state index in [2.05, 4.69) is 83.0 Å². The summed E-state index contributed by atoms with van der Waals surface area (Å²) in [5.74, 6) is 0.0105. The lowest BCUT2D eigenvalue weighted by atomic mass is 9.86. The summed E-state index contributed by atoms with van der Waals surface area (Å²) in [4.78, 5) is 14.4. The summed E-state index contributed by atoms with van der Waals surface area (Å²) < 4.78 is 0. The number of unbranched alkanes of at least 4 members (excludes halogenated alkanes) is 5. The van der Waals surface area contributed by atoms with Crippen molar-refractivity contribution >= 4 is 11.6 Å². The van der Waals surface area contributed by atoms with Crippen molar-refractivity contribution in [2.45, 2.75) is 83.7 Å². The number of carbonyl (C=O) groups excluding carboxylic acids is 1. The third-order valence-electron chi connectivity index (χ3n) is 7.52. The second kappa shape index (κ2) is 14.0. The highest BCUT2D eigenvalue weighted by Crippen LogP contribution is 2.31. The molecule has 0 aliphatic heterocycles. The molecule has 1 unspecified atom stereocenters. The Balaban J connectivity index is 1.27. The van der Waals surface area contributed by atoms with Gasteiger partial charge in [-0.2, -0.15) is 0 Å². The van der Waals surface area contributed by atoms with Crippen LogP contribution in [0.25, 0.3) is 0 Å². The van der Waals surface area contributed by atoms with E-state index in [-0.39, 0.29) is 5.91 Å². The van der Waals surface area contributed by atoms with Crippen molar-refractivity contribution in [1.29, 1.82) is 0 Å². The monoisotopic (exact) mass is 482 g/mol. The van der Waals surface area contributed by atoms with Crippen LogP contribution in [0.15, 0.2) is 78.9 Å². The first-order valence-electron chi connectivity index (χ1n) is 13.9. The molecule has 0 heterocycles. The zero-order valence-corrected chi connectivity index (χ0v) is 21.9. The average Bonchev–Trinajstić information content (AvgIpc) is 2.90. The molecule has 3 heteroatoms. The first-order valence-corrected chi connectivity index (χ1v) is 13.9. The molecule has 0 spiro atoms. The van der Waals surface area contributed by atoms with Gasteiger partial charge in [0.2, 0.25) is 5.91 Å². The van der Waals surface area contributed by atoms with Gasteiger partial charge >= 0.3 is 0 Å². The Kier molecular flexibility index (Phi) is 10.2. The maximum atomic E-state index is 11.7. The van der Waals surface area contributed by atoms with E-state index in [1.165, 1.54) is 67.2 Å². The van der Waals surface area contributed by atoms with Crippen LogP contribution in [-0.4, -0.2) is 23.4 Å². The molecule has 3 aromatic rings. The van der Waals surface area contributed by atoms with E-state index in [0.29, 0.717) is 6.04 Å². The number of carbonyl (C=O) groups is 1. The van der Waals surface area contributed by atoms with Gasteiger partial charge in [0.05, 0.1) is 0 Å². The second-order valence-corrected chi connectivity index (χ2v) is 10.3. The number of amides is 1. The number of benzene rings is 3. The van der Waals surface area contributed by atoms with E-state index in [1.807, 2.05) is 6.07 Å². The van der Waals surface area contributed by atoms with E-state index >= 15 is 0 Å². The second-order valence-electron chi connectivity index (χ2n) is 10.3. The molecule has 0 saturated carbocycles. The molecule has 1 amide bonds. The minimum absolute atomic E-state index is 0.0105. The molecular weight excluding hydrogens is 440 g/mol. The lowest BCUT2D eigenvalue weighted by Crippen LogP contribution is -2.39. The summed E-state index contributed by atoms with van der Waals surface area (Å²) in [6.45, 7) is 3.77. The van der Waals surface area contributed by atoms with Crippen LogP contribution in [-0.2, 0) is 30.6 Å². The van der Waals surface area contributed by atoms with Crippen LogP contribution < -0.4 is 5.32 Å². The van der Waals surface area contributed by atoms with Crippen LogP contribution in [0.3, 0.4) is 0 Å². The summed E-state index contributed by atoms with van der Waals surface area (Å²) in [5.41, 5.74) is 6.59. The Bertz CT molecular complexity index is 1060. The van der Waals surface area contributed by atoms with Crippen LogP contribution >= 0.6 is 0 Å². The molecule has 4 rings (SSSR count). The molecule has 3 aromatic carbocycles. The summed E-state index contributed by atoms with van der Waals surface area (Å²) in [5, 5.41) is 3.04. The first kappa shape index (κ1) is 26.2. The van der Waals surface area contributed by atoms with Gasteiger partial charge in [-0.25, -0.2) is 0 Å². The topological polar surface area (TPSA) is 32.3 Å². The smallest absolute Gasteiger partial charge is 0.221 e. The van der Waals surface area contributed by atoms with Crippen molar-refractivity contribution in [3.8, 4) is 0 Å². The van der Waals surface area contributed by atoms with Gasteiger partial charge in [0, 0.05) is 25.2 Å². The minimum atomic E-state index is 0.0105. The highest BCUT2D eigenvalue weighted by molar-refractivity contribution is 5.89. The zero-order chi connectivity index (χ0) is 25.0. The van der Waals surface area contributed by atoms with Crippen molar-refractivity contribution in [3.63, 3.8) is 0 Å². The fourth-order valence-corrected chi connectivity index (χ4v) is 5.61. The maximum absolute atomic E-state index is 11.7. The normalized spacial score (nSPS) is 15.0. The van der Waals surface area contributed by atoms with Crippen LogP contribution in [0.5, 0.6) is 0 Å². The molecule has 36 heavy (non-hydrogen) atoms. The van der Waals surface area contributed by atoms with Gasteiger partial charge in [0.15, 0.2) is 0 Å². The van der Waals surface area contributed by atoms with Crippen LogP contribution in [0.1, 0.15) is 74.1 Å². The highest BCUT2D eigenvalue weighted by atomic mass is 16.1. The summed E-state index contributed by atoms with van der Waals surface area (Å²) in [6, 6.07) is 28.7. The summed E-state index contributed by atoms with van der Waals surface area (Å²) in [7, 11) is 0. The minimum Gasteiger partial charge on any atom is -0.326 e. The third kappa shape index (κ3) is 8.06. The first-order chi connectivity index (χ1) is 17.7. The van der Waals surface area contributed by atoms with Gasteiger partial charge in [-0.1, -0.05) is 98.5 Å². The molecule has 0 radical (unpaired) electrons. The highest BCUT2D eigenvalue weighted by Gasteiger charge is 2.25. The van der Waals surface area contributed by atoms with Gasteiger partial charge in [-0.05, 0) is 73.4 Å². The largest absolute Gasteiger partial charge is 0.326 e. The quantitative estimate of drug-likeness (QED) is 0.255. The predicted octanol–water partition coefficient (Wildman–Crippen LogP) is 7.59. The molecular formula is C33H42N2O. The third-order valence-corrected chi connectivity index (χ3v) is 7.52. The molecule has 1 N–H and O–H groups in total. The van der Waals surface area contributed by atoms with Crippen molar-refractivity contribution in [1.82, 2.24) is 4.90 Å². The lowest BCUT2D eigenvalue weighted by Gasteiger charge is -2.36. The Hall–Kier alpha value is -2.91. The summed E-state index contributed by atoms with van der Waals surface area (Å²) in [6.07, 6.45) is 12.3. The van der Waals surface area contributed by atoms with Crippen molar-refractivity contribution in [3.05, 3.63) is 101 Å². The molecule has 3 nitrogen and oxygen atoms in total. The average molecular weight is 483 g/mol. The fraction of sp³-hybridized carbons (Fsp3) is 0.424. The number of nitrogens with zero attached hydrogens (tertiary/aromatic N) is 1. The Morgan fingerprint density at radius 2 is 1.47 bits per heavy atom. The molecule has 190 valence electrons. The standard InChI is InChI=1S/C33H42N2O/c1-27(36)34-33-21-14-20-30-25-31(22-23-32(30)33)35(26-29-18-11-7-12-19-29)24-13-5-3-2-4-8-15-28-16-9-6-10-17-28/h6-7,9-12,14,16-21,31H,2-5,8,13,15,22-26H2,1H3,(H,34,36). The predicted molar refractivity (Wildman–Crippen MR) is 151 cm³/mol. The maximum Gasteiger partial charge on any atom is 0.221 e. The Morgan fingerprint density at radius 3 is 2.19 bits per heavy atom. The SMILES string of the molecule is CC(=O)Nc1cccc2c1CCC(N(CCCCCCCCc1ccccc1)Cc1ccccc1)C2. The number of fused-ring (bicyclic) bond motifs is 1. The van der Waals surface area contributed by atoms with E-state index in [0.717, 1.165) is 38.0 Å². The Morgan fingerprint density at radius 1 is 0.806 bits per heavy atom. The number of hydrogen-bond acceptors (Lipinski definition) is 2. The molecule has 1 aliphatic carbocycles. The van der Waals surface area contributed by atoms with Gasteiger partial charge in [0.25, 0.3) is 0 Å². The van der Waals surface area contributed by atoms with E-state index in [1.54, 1.807) is 6.92 Å². The lowest BCUT2D eigenvalue weighted by molar-refractivity contribution is -0.114. The number of aryl methyl sites for hydroxylation is 1. The van der Waals surface area contributed by atoms with Crippen LogP contribution in [0.2, 0.25) is 0 Å². The molecule has 1 aliphatic rings. The molecule has 0 bridgehead atoms. The van der Waals surface area contributed by atoms with Gasteiger partial charge in [-0.15, -0.1) is 0 Å².